The van der Waals surface area contributed by atoms with E-state index >= 15 is 0 Å². The Morgan fingerprint density at radius 2 is 1.75 bits per heavy atom. The van der Waals surface area contributed by atoms with Gasteiger partial charge in [-0.1, -0.05) is 18.2 Å². The number of nitrogens with one attached hydrogen (secondary N) is 1. The minimum absolute atomic E-state index is 0.327. The van der Waals surface area contributed by atoms with E-state index in [0.29, 0.717) is 6.04 Å². The average molecular weight is 287 g/mol. The molecule has 0 spiro atoms. The predicted octanol–water partition coefficient (Wildman–Crippen LogP) is 3.96. The van der Waals surface area contributed by atoms with E-state index in [1.807, 2.05) is 30.0 Å². The van der Waals surface area contributed by atoms with E-state index in [9.17, 15) is 0 Å². The van der Waals surface area contributed by atoms with Crippen LogP contribution in [0.2, 0.25) is 0 Å². The lowest BCUT2D eigenvalue weighted by atomic mass is 10.1. The van der Waals surface area contributed by atoms with Gasteiger partial charge in [0, 0.05) is 34.5 Å². The highest BCUT2D eigenvalue weighted by Crippen LogP contribution is 2.40. The Balaban J connectivity index is 1.85. The van der Waals surface area contributed by atoms with Crippen LogP contribution in [0.25, 0.3) is 0 Å². The van der Waals surface area contributed by atoms with Crippen molar-refractivity contribution >= 4 is 17.4 Å². The molecule has 1 aliphatic heterocycles. The first-order valence-electron chi connectivity index (χ1n) is 6.51. The maximum absolute atomic E-state index is 5.31. The third-order valence-electron chi connectivity index (χ3n) is 3.39. The van der Waals surface area contributed by atoms with Crippen LogP contribution in [-0.2, 0) is 0 Å². The summed E-state index contributed by atoms with van der Waals surface area (Å²) in [5.41, 5.74) is 2.38. The quantitative estimate of drug-likeness (QED) is 0.922. The smallest absolute Gasteiger partial charge is 0.124 e. The Labute approximate surface area is 123 Å². The fourth-order valence-electron chi connectivity index (χ4n) is 2.37. The van der Waals surface area contributed by atoms with Gasteiger partial charge in [-0.3, -0.25) is 0 Å². The molecule has 0 aliphatic carbocycles. The van der Waals surface area contributed by atoms with Gasteiger partial charge in [0.2, 0.25) is 0 Å². The number of methoxy groups -OCH3 is 2. The Morgan fingerprint density at radius 1 is 1.05 bits per heavy atom. The second-order valence-electron chi connectivity index (χ2n) is 4.65. The highest BCUT2D eigenvalue weighted by atomic mass is 32.2. The highest BCUT2D eigenvalue weighted by Gasteiger charge is 2.22. The molecule has 0 fully saturated rings. The summed E-state index contributed by atoms with van der Waals surface area (Å²) in [4.78, 5) is 1.36. The molecule has 4 heteroatoms. The number of benzene rings is 2. The minimum Gasteiger partial charge on any atom is -0.497 e. The zero-order valence-electron chi connectivity index (χ0n) is 11.6. The van der Waals surface area contributed by atoms with Crippen molar-refractivity contribution in [3.63, 3.8) is 0 Å². The summed E-state index contributed by atoms with van der Waals surface area (Å²) in [6.07, 6.45) is 0. The fourth-order valence-corrected chi connectivity index (χ4v) is 3.53. The molecule has 1 aliphatic rings. The van der Waals surface area contributed by atoms with Gasteiger partial charge in [-0.05, 0) is 11.6 Å². The molecule has 0 radical (unpaired) electrons. The zero-order chi connectivity index (χ0) is 13.9. The highest BCUT2D eigenvalue weighted by molar-refractivity contribution is 7.99. The van der Waals surface area contributed by atoms with E-state index in [0.717, 1.165) is 22.9 Å². The predicted molar refractivity (Wildman–Crippen MR) is 83.1 cm³/mol. The number of rotatable bonds is 4. The van der Waals surface area contributed by atoms with Crippen LogP contribution in [0.4, 0.5) is 5.69 Å². The van der Waals surface area contributed by atoms with Gasteiger partial charge in [0.25, 0.3) is 0 Å². The second kappa shape index (κ2) is 5.67. The zero-order valence-corrected chi connectivity index (χ0v) is 12.4. The summed E-state index contributed by atoms with van der Waals surface area (Å²) in [6, 6.07) is 14.7. The second-order valence-corrected chi connectivity index (χ2v) is 5.71. The lowest BCUT2D eigenvalue weighted by Gasteiger charge is -2.16. The summed E-state index contributed by atoms with van der Waals surface area (Å²) in [5.74, 6) is 2.63. The van der Waals surface area contributed by atoms with Crippen LogP contribution in [0, 0.1) is 0 Å². The molecule has 2 aromatic rings. The van der Waals surface area contributed by atoms with Crippen LogP contribution >= 0.6 is 11.8 Å². The van der Waals surface area contributed by atoms with Gasteiger partial charge in [-0.25, -0.2) is 0 Å². The third kappa shape index (κ3) is 2.56. The largest absolute Gasteiger partial charge is 0.497 e. The van der Waals surface area contributed by atoms with Crippen LogP contribution in [0.5, 0.6) is 11.5 Å². The van der Waals surface area contributed by atoms with Crippen LogP contribution < -0.4 is 14.8 Å². The normalized spacial score (nSPS) is 16.6. The molecule has 1 N–H and O–H groups in total. The first-order chi connectivity index (χ1) is 9.80. The molecule has 104 valence electrons. The van der Waals surface area contributed by atoms with Gasteiger partial charge >= 0.3 is 0 Å². The molecule has 1 atom stereocenters. The van der Waals surface area contributed by atoms with Crippen LogP contribution in [0.15, 0.2) is 47.4 Å². The molecule has 2 aromatic carbocycles. The van der Waals surface area contributed by atoms with Crippen LogP contribution in [0.3, 0.4) is 0 Å². The molecule has 0 saturated heterocycles. The molecule has 0 amide bonds. The van der Waals surface area contributed by atoms with Crippen molar-refractivity contribution in [1.82, 2.24) is 0 Å². The van der Waals surface area contributed by atoms with Gasteiger partial charge < -0.3 is 14.8 Å². The van der Waals surface area contributed by atoms with Gasteiger partial charge in [0.15, 0.2) is 0 Å². The number of ether oxygens (including phenoxy) is 2. The molecule has 20 heavy (non-hydrogen) atoms. The summed E-state index contributed by atoms with van der Waals surface area (Å²) in [6.45, 7) is 0. The van der Waals surface area contributed by atoms with Crippen molar-refractivity contribution in [2.45, 2.75) is 10.9 Å². The SMILES string of the molecule is COc1cc(NC2CSc3ccccc32)cc(OC)c1. The third-order valence-corrected chi connectivity index (χ3v) is 4.58. The summed E-state index contributed by atoms with van der Waals surface area (Å²) >= 11 is 1.89. The molecular weight excluding hydrogens is 270 g/mol. The number of hydrogen-bond donors (Lipinski definition) is 1. The van der Waals surface area contributed by atoms with Crippen molar-refractivity contribution in [1.29, 1.82) is 0 Å². The molecule has 3 nitrogen and oxygen atoms in total. The van der Waals surface area contributed by atoms with E-state index in [-0.39, 0.29) is 0 Å². The van der Waals surface area contributed by atoms with E-state index in [1.54, 1.807) is 14.2 Å². The molecule has 0 saturated carbocycles. The molecule has 0 aromatic heterocycles. The lowest BCUT2D eigenvalue weighted by molar-refractivity contribution is 0.394. The topological polar surface area (TPSA) is 30.5 Å². The molecule has 1 unspecified atom stereocenters. The summed E-state index contributed by atoms with van der Waals surface area (Å²) in [5, 5.41) is 3.57. The van der Waals surface area contributed by atoms with Crippen molar-refractivity contribution in [3.8, 4) is 11.5 Å². The Kier molecular flexibility index (Phi) is 3.74. The first kappa shape index (κ1) is 13.2. The fraction of sp³-hybridized carbons (Fsp3) is 0.250. The maximum Gasteiger partial charge on any atom is 0.124 e. The van der Waals surface area contributed by atoms with Crippen molar-refractivity contribution in [2.75, 3.05) is 25.3 Å². The van der Waals surface area contributed by atoms with E-state index in [1.165, 1.54) is 10.5 Å². The van der Waals surface area contributed by atoms with Crippen molar-refractivity contribution < 1.29 is 9.47 Å². The Morgan fingerprint density at radius 3 is 2.45 bits per heavy atom. The summed E-state index contributed by atoms with van der Waals surface area (Å²) in [7, 11) is 3.33. The first-order valence-corrected chi connectivity index (χ1v) is 7.50. The molecule has 1 heterocycles. The Hall–Kier alpha value is -1.81. The standard InChI is InChI=1S/C16H17NO2S/c1-18-12-7-11(8-13(9-12)19-2)17-15-10-20-16-6-4-3-5-14(15)16/h3-9,15,17H,10H2,1-2H3. The molecule has 0 bridgehead atoms. The Bertz CT molecular complexity index is 593. The van der Waals surface area contributed by atoms with Gasteiger partial charge in [-0.2, -0.15) is 0 Å². The van der Waals surface area contributed by atoms with Crippen molar-refractivity contribution in [2.24, 2.45) is 0 Å². The van der Waals surface area contributed by atoms with Crippen LogP contribution in [0.1, 0.15) is 11.6 Å². The number of anilines is 1. The van der Waals surface area contributed by atoms with E-state index in [4.69, 9.17) is 9.47 Å². The number of fused-ring (bicyclic) bond motifs is 1. The maximum atomic E-state index is 5.31. The van der Waals surface area contributed by atoms with E-state index in [2.05, 4.69) is 29.6 Å². The number of thioether (sulfide) groups is 1. The van der Waals surface area contributed by atoms with Gasteiger partial charge in [0.05, 0.1) is 20.3 Å². The van der Waals surface area contributed by atoms with Crippen molar-refractivity contribution in [3.05, 3.63) is 48.0 Å². The number of hydrogen-bond acceptors (Lipinski definition) is 4. The van der Waals surface area contributed by atoms with Gasteiger partial charge in [-0.15, -0.1) is 11.8 Å². The summed E-state index contributed by atoms with van der Waals surface area (Å²) < 4.78 is 10.6. The lowest BCUT2D eigenvalue weighted by Crippen LogP contribution is -2.09. The minimum atomic E-state index is 0.327. The molecule has 3 rings (SSSR count). The average Bonchev–Trinajstić information content (AvgIpc) is 2.90. The van der Waals surface area contributed by atoms with Gasteiger partial charge in [0.1, 0.15) is 11.5 Å². The van der Waals surface area contributed by atoms with E-state index < -0.39 is 0 Å². The monoisotopic (exact) mass is 287 g/mol. The van der Waals surface area contributed by atoms with Crippen LogP contribution in [-0.4, -0.2) is 20.0 Å². The molecular formula is C16H17NO2S.